The number of nitrogens with zero attached hydrogens (tertiary/aromatic N) is 1. The number of hydrogen-bond acceptors (Lipinski definition) is 5. The van der Waals surface area contributed by atoms with Crippen molar-refractivity contribution in [3.8, 4) is 5.75 Å². The number of aryl methyl sites for hydroxylation is 1. The number of ether oxygens (including phenoxy) is 1. The molecular weight excluding hydrogens is 474 g/mol. The second kappa shape index (κ2) is 11.0. The van der Waals surface area contributed by atoms with Gasteiger partial charge in [-0.15, -0.1) is 0 Å². The summed E-state index contributed by atoms with van der Waals surface area (Å²) < 4.78 is 6.20. The lowest BCUT2D eigenvalue weighted by atomic mass is 10.1. The Kier molecular flexibility index (Phi) is 7.88. The Labute approximate surface area is 193 Å². The third-order valence-corrected chi connectivity index (χ3v) is 4.90. The Hall–Kier alpha value is -3.78. The van der Waals surface area contributed by atoms with Crippen LogP contribution in [0.25, 0.3) is 0 Å². The topological polar surface area (TPSA) is 96.9 Å². The Morgan fingerprint density at radius 2 is 1.66 bits per heavy atom. The van der Waals surface area contributed by atoms with Crippen molar-refractivity contribution in [1.82, 2.24) is 10.7 Å². The number of rotatable bonds is 7. The number of halogens is 1. The van der Waals surface area contributed by atoms with Crippen LogP contribution in [0, 0.1) is 6.92 Å². The van der Waals surface area contributed by atoms with Crippen molar-refractivity contribution < 1.29 is 19.1 Å². The van der Waals surface area contributed by atoms with Gasteiger partial charge in [-0.3, -0.25) is 9.59 Å². The summed E-state index contributed by atoms with van der Waals surface area (Å²) in [4.78, 5) is 36.1. The van der Waals surface area contributed by atoms with Crippen molar-refractivity contribution >= 4 is 39.9 Å². The molecule has 0 unspecified atom stereocenters. The zero-order valence-corrected chi connectivity index (χ0v) is 18.8. The highest BCUT2D eigenvalue weighted by Gasteiger charge is 2.10. The van der Waals surface area contributed by atoms with Gasteiger partial charge in [0.05, 0.1) is 18.3 Å². The summed E-state index contributed by atoms with van der Waals surface area (Å²) in [6, 6.07) is 20.6. The smallest absolute Gasteiger partial charge is 0.343 e. The predicted molar refractivity (Wildman–Crippen MR) is 125 cm³/mol. The minimum atomic E-state index is -0.459. The van der Waals surface area contributed by atoms with Gasteiger partial charge >= 0.3 is 5.97 Å². The second-order valence-electron chi connectivity index (χ2n) is 6.76. The van der Waals surface area contributed by atoms with Gasteiger partial charge in [0.15, 0.2) is 0 Å². The van der Waals surface area contributed by atoms with E-state index in [2.05, 4.69) is 31.8 Å². The third kappa shape index (κ3) is 6.61. The maximum Gasteiger partial charge on any atom is 0.343 e. The van der Waals surface area contributed by atoms with Crippen molar-refractivity contribution in [3.05, 3.63) is 99.5 Å². The quantitative estimate of drug-likeness (QED) is 0.226. The summed E-state index contributed by atoms with van der Waals surface area (Å²) in [5.74, 6) is -0.851. The fourth-order valence-electron chi connectivity index (χ4n) is 2.68. The SMILES string of the molecule is Cc1ccccc1C(=O)NCC(=O)NN=Cc1ccc(OC(=O)c2ccc(Br)cc2)cc1. The number of amides is 2. The Morgan fingerprint density at radius 1 is 0.969 bits per heavy atom. The molecule has 3 aromatic rings. The van der Waals surface area contributed by atoms with E-state index >= 15 is 0 Å². The molecule has 0 heterocycles. The highest BCUT2D eigenvalue weighted by molar-refractivity contribution is 9.10. The number of carbonyl (C=O) groups excluding carboxylic acids is 3. The van der Waals surface area contributed by atoms with E-state index in [1.807, 2.05) is 19.1 Å². The first-order valence-corrected chi connectivity index (χ1v) is 10.5. The molecule has 0 aliphatic carbocycles. The van der Waals surface area contributed by atoms with Crippen LogP contribution >= 0.6 is 15.9 Å². The molecule has 0 spiro atoms. The van der Waals surface area contributed by atoms with Gasteiger partial charge in [-0.25, -0.2) is 10.2 Å². The van der Waals surface area contributed by atoms with Crippen LogP contribution in [0.3, 0.4) is 0 Å². The summed E-state index contributed by atoms with van der Waals surface area (Å²) >= 11 is 3.32. The highest BCUT2D eigenvalue weighted by Crippen LogP contribution is 2.15. The van der Waals surface area contributed by atoms with E-state index < -0.39 is 11.9 Å². The van der Waals surface area contributed by atoms with E-state index in [-0.39, 0.29) is 12.5 Å². The lowest BCUT2D eigenvalue weighted by Gasteiger charge is -2.06. The molecule has 3 rings (SSSR count). The predicted octanol–water partition coefficient (Wildman–Crippen LogP) is 3.86. The van der Waals surface area contributed by atoms with Crippen LogP contribution in [0.4, 0.5) is 0 Å². The van der Waals surface area contributed by atoms with Crippen LogP contribution in [-0.4, -0.2) is 30.5 Å². The first kappa shape index (κ1) is 22.9. The summed E-state index contributed by atoms with van der Waals surface area (Å²) in [5, 5.41) is 6.42. The maximum atomic E-state index is 12.1. The van der Waals surface area contributed by atoms with Gasteiger partial charge in [0, 0.05) is 10.0 Å². The molecule has 0 fully saturated rings. The molecule has 0 saturated carbocycles. The van der Waals surface area contributed by atoms with Crippen LogP contribution in [0.2, 0.25) is 0 Å². The van der Waals surface area contributed by atoms with E-state index in [1.54, 1.807) is 60.7 Å². The molecule has 0 saturated heterocycles. The van der Waals surface area contributed by atoms with E-state index in [1.165, 1.54) is 6.21 Å². The number of nitrogens with one attached hydrogen (secondary N) is 2. The monoisotopic (exact) mass is 493 g/mol. The first-order valence-electron chi connectivity index (χ1n) is 9.66. The highest BCUT2D eigenvalue weighted by atomic mass is 79.9. The Balaban J connectivity index is 1.45. The summed E-state index contributed by atoms with van der Waals surface area (Å²) in [6.07, 6.45) is 1.45. The molecule has 0 aliphatic rings. The number of esters is 1. The van der Waals surface area contributed by atoms with Crippen LogP contribution in [0.15, 0.2) is 82.4 Å². The molecule has 0 radical (unpaired) electrons. The first-order chi connectivity index (χ1) is 15.4. The molecule has 2 amide bonds. The lowest BCUT2D eigenvalue weighted by molar-refractivity contribution is -0.120. The average Bonchev–Trinajstić information content (AvgIpc) is 2.79. The molecule has 8 heteroatoms. The van der Waals surface area contributed by atoms with Gasteiger partial charge in [0.25, 0.3) is 11.8 Å². The summed E-state index contributed by atoms with van der Waals surface area (Å²) in [5.41, 5.74) is 4.83. The van der Waals surface area contributed by atoms with Gasteiger partial charge in [0.2, 0.25) is 0 Å². The van der Waals surface area contributed by atoms with Gasteiger partial charge in [0.1, 0.15) is 5.75 Å². The molecule has 0 aliphatic heterocycles. The van der Waals surface area contributed by atoms with Gasteiger partial charge in [-0.05, 0) is 72.6 Å². The molecule has 162 valence electrons. The van der Waals surface area contributed by atoms with Crippen LogP contribution in [0.1, 0.15) is 31.8 Å². The number of carbonyl (C=O) groups is 3. The van der Waals surface area contributed by atoms with Crippen molar-refractivity contribution in [2.75, 3.05) is 6.54 Å². The summed E-state index contributed by atoms with van der Waals surface area (Å²) in [7, 11) is 0. The molecule has 0 atom stereocenters. The van der Waals surface area contributed by atoms with Crippen molar-refractivity contribution in [1.29, 1.82) is 0 Å². The van der Waals surface area contributed by atoms with Crippen molar-refractivity contribution in [3.63, 3.8) is 0 Å². The molecule has 0 aromatic heterocycles. The minimum Gasteiger partial charge on any atom is -0.423 e. The number of hydrogen-bond donors (Lipinski definition) is 2. The molecular formula is C24H20BrN3O4. The number of hydrazone groups is 1. The normalized spacial score (nSPS) is 10.6. The lowest BCUT2D eigenvalue weighted by Crippen LogP contribution is -2.35. The fourth-order valence-corrected chi connectivity index (χ4v) is 2.94. The van der Waals surface area contributed by atoms with E-state index in [0.29, 0.717) is 22.4 Å². The van der Waals surface area contributed by atoms with E-state index in [0.717, 1.165) is 10.0 Å². The van der Waals surface area contributed by atoms with Crippen molar-refractivity contribution in [2.24, 2.45) is 5.10 Å². The largest absolute Gasteiger partial charge is 0.423 e. The average molecular weight is 494 g/mol. The fraction of sp³-hybridized carbons (Fsp3) is 0.0833. The van der Waals surface area contributed by atoms with Crippen LogP contribution < -0.4 is 15.5 Å². The van der Waals surface area contributed by atoms with Gasteiger partial charge in [-0.1, -0.05) is 34.1 Å². The van der Waals surface area contributed by atoms with E-state index in [4.69, 9.17) is 4.74 Å². The molecule has 32 heavy (non-hydrogen) atoms. The van der Waals surface area contributed by atoms with Crippen molar-refractivity contribution in [2.45, 2.75) is 6.92 Å². The zero-order valence-electron chi connectivity index (χ0n) is 17.2. The van der Waals surface area contributed by atoms with E-state index in [9.17, 15) is 14.4 Å². The maximum absolute atomic E-state index is 12.1. The molecule has 2 N–H and O–H groups in total. The molecule has 3 aromatic carbocycles. The third-order valence-electron chi connectivity index (χ3n) is 4.37. The minimum absolute atomic E-state index is 0.199. The Bertz CT molecular complexity index is 1140. The number of benzene rings is 3. The Morgan fingerprint density at radius 3 is 2.34 bits per heavy atom. The zero-order chi connectivity index (χ0) is 22.9. The van der Waals surface area contributed by atoms with Gasteiger partial charge < -0.3 is 10.1 Å². The summed E-state index contributed by atoms with van der Waals surface area (Å²) in [6.45, 7) is 1.63. The standard InChI is InChI=1S/C24H20BrN3O4/c1-16-4-2-3-5-21(16)23(30)26-15-22(29)28-27-14-17-6-12-20(13-7-17)32-24(31)18-8-10-19(25)11-9-18/h2-14H,15H2,1H3,(H,26,30)(H,28,29). The molecule has 0 bridgehead atoms. The van der Waals surface area contributed by atoms with Gasteiger partial charge in [-0.2, -0.15) is 5.10 Å². The van der Waals surface area contributed by atoms with Crippen LogP contribution in [0.5, 0.6) is 5.75 Å². The van der Waals surface area contributed by atoms with Crippen LogP contribution in [-0.2, 0) is 4.79 Å². The second-order valence-corrected chi connectivity index (χ2v) is 7.67. The molecule has 7 nitrogen and oxygen atoms in total.